The van der Waals surface area contributed by atoms with Crippen molar-refractivity contribution in [3.8, 4) is 17.3 Å². The van der Waals surface area contributed by atoms with E-state index in [-0.39, 0.29) is 0 Å². The van der Waals surface area contributed by atoms with Gasteiger partial charge in [0.15, 0.2) is 11.3 Å². The third-order valence-corrected chi connectivity index (χ3v) is 3.23. The lowest BCUT2D eigenvalue weighted by Crippen LogP contribution is -2.19. The number of imidazole rings is 1. The molecule has 7 nitrogen and oxygen atoms in total. The minimum atomic E-state index is 0.378. The van der Waals surface area contributed by atoms with Crippen LogP contribution in [0.2, 0.25) is 0 Å². The lowest BCUT2D eigenvalue weighted by Gasteiger charge is -2.12. The van der Waals surface area contributed by atoms with Gasteiger partial charge in [-0.15, -0.1) is 0 Å². The Bertz CT molecular complexity index is 806. The summed E-state index contributed by atoms with van der Waals surface area (Å²) < 4.78 is 3.69. The van der Waals surface area contributed by atoms with Gasteiger partial charge >= 0.3 is 0 Å². The van der Waals surface area contributed by atoms with E-state index in [1.165, 1.54) is 0 Å². The maximum absolute atomic E-state index is 8.99. The van der Waals surface area contributed by atoms with Crippen molar-refractivity contribution in [2.75, 3.05) is 20.6 Å². The molecule has 0 N–H and O–H groups in total. The molecule has 0 bridgehead atoms. The van der Waals surface area contributed by atoms with E-state index in [4.69, 9.17) is 5.26 Å². The zero-order chi connectivity index (χ0) is 14.8. The molecule has 0 amide bonds. The van der Waals surface area contributed by atoms with Crippen molar-refractivity contribution in [3.63, 3.8) is 0 Å². The molecule has 0 fully saturated rings. The molecule has 0 aliphatic heterocycles. The molecule has 0 radical (unpaired) electrons. The molecule has 3 rings (SSSR count). The molecule has 0 unspecified atom stereocenters. The zero-order valence-corrected chi connectivity index (χ0v) is 11.9. The maximum Gasteiger partial charge on any atom is 0.159 e. The lowest BCUT2D eigenvalue weighted by molar-refractivity contribution is 0.374. The van der Waals surface area contributed by atoms with E-state index in [1.54, 1.807) is 29.3 Å². The van der Waals surface area contributed by atoms with Gasteiger partial charge in [0.2, 0.25) is 0 Å². The van der Waals surface area contributed by atoms with Crippen LogP contribution in [0, 0.1) is 11.3 Å². The van der Waals surface area contributed by atoms with E-state index >= 15 is 0 Å². The summed E-state index contributed by atoms with van der Waals surface area (Å²) in [6.07, 6.45) is 6.84. The summed E-state index contributed by atoms with van der Waals surface area (Å²) in [7, 11) is 4.05. The standard InChI is InChI=1S/C14H15N7/c1-19(2)5-6-21-13(3-4-17-21)12-8-16-10-20-9-11(7-15)18-14(12)20/h3-4,8-10H,5-6H2,1-2H3. The van der Waals surface area contributed by atoms with E-state index in [9.17, 15) is 0 Å². The second kappa shape index (κ2) is 5.34. The van der Waals surface area contributed by atoms with Gasteiger partial charge in [0.1, 0.15) is 12.4 Å². The van der Waals surface area contributed by atoms with Gasteiger partial charge in [-0.1, -0.05) is 0 Å². The lowest BCUT2D eigenvalue weighted by atomic mass is 10.2. The molecule has 0 aliphatic rings. The van der Waals surface area contributed by atoms with Gasteiger partial charge in [-0.05, 0) is 20.2 Å². The first kappa shape index (κ1) is 13.3. The molecule has 3 heterocycles. The summed E-state index contributed by atoms with van der Waals surface area (Å²) in [4.78, 5) is 10.7. The van der Waals surface area contributed by atoms with Gasteiger partial charge < -0.3 is 4.90 Å². The fourth-order valence-electron chi connectivity index (χ4n) is 2.19. The van der Waals surface area contributed by atoms with Crippen LogP contribution in [0.1, 0.15) is 5.69 Å². The van der Waals surface area contributed by atoms with Gasteiger partial charge in [0.05, 0.1) is 17.8 Å². The first-order valence-corrected chi connectivity index (χ1v) is 6.59. The van der Waals surface area contributed by atoms with Gasteiger partial charge in [-0.2, -0.15) is 10.4 Å². The van der Waals surface area contributed by atoms with Crippen LogP contribution in [0.3, 0.4) is 0 Å². The summed E-state index contributed by atoms with van der Waals surface area (Å²) in [6.45, 7) is 1.67. The third kappa shape index (κ3) is 2.49. The molecule has 0 saturated heterocycles. The molecule has 0 spiro atoms. The van der Waals surface area contributed by atoms with Crippen molar-refractivity contribution in [2.24, 2.45) is 0 Å². The fourth-order valence-corrected chi connectivity index (χ4v) is 2.19. The Balaban J connectivity index is 2.07. The molecule has 0 aromatic carbocycles. The first-order chi connectivity index (χ1) is 10.2. The van der Waals surface area contributed by atoms with E-state index < -0.39 is 0 Å². The van der Waals surface area contributed by atoms with Crippen LogP contribution < -0.4 is 0 Å². The Morgan fingerprint density at radius 1 is 1.38 bits per heavy atom. The summed E-state index contributed by atoms with van der Waals surface area (Å²) in [5.74, 6) is 0. The molecule has 21 heavy (non-hydrogen) atoms. The summed E-state index contributed by atoms with van der Waals surface area (Å²) in [5, 5.41) is 13.3. The van der Waals surface area contributed by atoms with Crippen molar-refractivity contribution in [1.82, 2.24) is 29.0 Å². The van der Waals surface area contributed by atoms with Crippen LogP contribution in [0.5, 0.6) is 0 Å². The number of fused-ring (bicyclic) bond motifs is 1. The second-order valence-corrected chi connectivity index (χ2v) is 5.02. The molecule has 3 aromatic rings. The molecule has 3 aromatic heterocycles. The second-order valence-electron chi connectivity index (χ2n) is 5.02. The Morgan fingerprint density at radius 3 is 3.00 bits per heavy atom. The first-order valence-electron chi connectivity index (χ1n) is 6.59. The highest BCUT2D eigenvalue weighted by Crippen LogP contribution is 2.22. The van der Waals surface area contributed by atoms with E-state index in [1.807, 2.05) is 24.8 Å². The highest BCUT2D eigenvalue weighted by atomic mass is 15.3. The number of likely N-dealkylation sites (N-methyl/N-ethyl adjacent to an activating group) is 1. The molecule has 0 atom stereocenters. The van der Waals surface area contributed by atoms with E-state index in [2.05, 4.69) is 26.0 Å². The Labute approximate surface area is 122 Å². The smallest absolute Gasteiger partial charge is 0.159 e. The predicted molar refractivity (Wildman–Crippen MR) is 77.5 cm³/mol. The van der Waals surface area contributed by atoms with Crippen molar-refractivity contribution in [1.29, 1.82) is 5.26 Å². The predicted octanol–water partition coefficient (Wildman–Crippen LogP) is 1.03. The monoisotopic (exact) mass is 281 g/mol. The minimum Gasteiger partial charge on any atom is -0.308 e. The Kier molecular flexibility index (Phi) is 3.38. The highest BCUT2D eigenvalue weighted by molar-refractivity contribution is 5.74. The van der Waals surface area contributed by atoms with Crippen LogP contribution >= 0.6 is 0 Å². The van der Waals surface area contributed by atoms with Gasteiger partial charge in [-0.3, -0.25) is 9.08 Å². The van der Waals surface area contributed by atoms with Crippen LogP contribution in [0.4, 0.5) is 0 Å². The normalized spacial score (nSPS) is 11.1. The largest absolute Gasteiger partial charge is 0.308 e. The van der Waals surface area contributed by atoms with Gasteiger partial charge in [0, 0.05) is 25.1 Å². The topological polar surface area (TPSA) is 75.0 Å². The maximum atomic E-state index is 8.99. The number of hydrogen-bond donors (Lipinski definition) is 0. The third-order valence-electron chi connectivity index (χ3n) is 3.23. The van der Waals surface area contributed by atoms with Crippen LogP contribution in [-0.2, 0) is 6.54 Å². The number of nitriles is 1. The molecule has 7 heteroatoms. The highest BCUT2D eigenvalue weighted by Gasteiger charge is 2.12. The van der Waals surface area contributed by atoms with Crippen molar-refractivity contribution in [2.45, 2.75) is 6.54 Å². The molecule has 106 valence electrons. The Hall–Kier alpha value is -2.72. The van der Waals surface area contributed by atoms with Crippen molar-refractivity contribution in [3.05, 3.63) is 36.7 Å². The summed E-state index contributed by atoms with van der Waals surface area (Å²) in [6, 6.07) is 3.99. The zero-order valence-electron chi connectivity index (χ0n) is 11.9. The average Bonchev–Trinajstić information content (AvgIpc) is 3.10. The molecular formula is C14H15N7. The number of rotatable bonds is 4. The van der Waals surface area contributed by atoms with Gasteiger partial charge in [-0.25, -0.2) is 9.97 Å². The average molecular weight is 281 g/mol. The van der Waals surface area contributed by atoms with E-state index in [0.717, 1.165) is 24.3 Å². The number of nitrogens with zero attached hydrogens (tertiary/aromatic N) is 7. The van der Waals surface area contributed by atoms with Crippen LogP contribution in [0.25, 0.3) is 16.9 Å². The fraction of sp³-hybridized carbons (Fsp3) is 0.286. The molecular weight excluding hydrogens is 266 g/mol. The van der Waals surface area contributed by atoms with E-state index in [0.29, 0.717) is 11.3 Å². The Morgan fingerprint density at radius 2 is 2.24 bits per heavy atom. The summed E-state index contributed by atoms with van der Waals surface area (Å²) in [5.41, 5.74) is 2.91. The van der Waals surface area contributed by atoms with Gasteiger partial charge in [0.25, 0.3) is 0 Å². The molecule has 0 saturated carbocycles. The number of aromatic nitrogens is 5. The SMILES string of the molecule is CN(C)CCn1nccc1-c1cncn2cc(C#N)nc12. The number of hydrogen-bond acceptors (Lipinski definition) is 5. The van der Waals surface area contributed by atoms with Crippen molar-refractivity contribution < 1.29 is 0 Å². The van der Waals surface area contributed by atoms with Crippen LogP contribution in [0.15, 0.2) is 31.0 Å². The van der Waals surface area contributed by atoms with Crippen LogP contribution in [-0.4, -0.2) is 49.7 Å². The summed E-state index contributed by atoms with van der Waals surface area (Å²) >= 11 is 0. The quantitative estimate of drug-likeness (QED) is 0.714. The minimum absolute atomic E-state index is 0.378. The van der Waals surface area contributed by atoms with Crippen molar-refractivity contribution >= 4 is 5.65 Å². The molecule has 0 aliphatic carbocycles.